The van der Waals surface area contributed by atoms with Crippen LogP contribution in [-0.2, 0) is 19.8 Å². The summed E-state index contributed by atoms with van der Waals surface area (Å²) in [6, 6.07) is 12.4. The maximum absolute atomic E-state index is 8.51. The average Bonchev–Trinajstić information content (AvgIpc) is 3.00. The van der Waals surface area contributed by atoms with Crippen LogP contribution in [0.5, 0.6) is 0 Å². The van der Waals surface area contributed by atoms with Crippen molar-refractivity contribution in [1.82, 2.24) is 4.98 Å². The van der Waals surface area contributed by atoms with Gasteiger partial charge in [0.1, 0.15) is 7.05 Å². The molecule has 3 aromatic rings. The minimum atomic E-state index is -1.36. The standard InChI is InChI=1S/C23H25N2/c1-15(2)12-17-9-11-25(4)22(13-17)23-16(3)7-8-18-19-6-5-10-24-21(19)14-20(18)23/h5-11,13,15H,12,14H2,1-4H3/q+1/i12D2. The summed E-state index contributed by atoms with van der Waals surface area (Å²) in [6.07, 6.45) is 3.29. The van der Waals surface area contributed by atoms with Crippen LogP contribution in [0.3, 0.4) is 0 Å². The second kappa shape index (κ2) is 6.11. The number of aryl methyl sites for hydroxylation is 2. The van der Waals surface area contributed by atoms with E-state index in [4.69, 9.17) is 2.74 Å². The molecule has 0 fully saturated rings. The molecular formula is C23H25N2+. The van der Waals surface area contributed by atoms with Crippen LogP contribution in [0.2, 0.25) is 0 Å². The van der Waals surface area contributed by atoms with Gasteiger partial charge in [0.2, 0.25) is 5.69 Å². The highest BCUT2D eigenvalue weighted by Crippen LogP contribution is 2.41. The first-order valence-corrected chi connectivity index (χ1v) is 8.88. The lowest BCUT2D eigenvalue weighted by molar-refractivity contribution is -0.660. The van der Waals surface area contributed by atoms with Gasteiger partial charge in [0.25, 0.3) is 0 Å². The van der Waals surface area contributed by atoms with E-state index in [9.17, 15) is 0 Å². The highest BCUT2D eigenvalue weighted by molar-refractivity contribution is 5.84. The molecule has 2 nitrogen and oxygen atoms in total. The monoisotopic (exact) mass is 331 g/mol. The quantitative estimate of drug-likeness (QED) is 0.499. The van der Waals surface area contributed by atoms with Gasteiger partial charge < -0.3 is 0 Å². The topological polar surface area (TPSA) is 16.8 Å². The Morgan fingerprint density at radius 3 is 2.84 bits per heavy atom. The molecule has 0 bridgehead atoms. The molecule has 1 aromatic carbocycles. The van der Waals surface area contributed by atoms with Gasteiger partial charge in [-0.2, -0.15) is 0 Å². The number of benzene rings is 1. The lowest BCUT2D eigenvalue weighted by atomic mass is 9.92. The predicted octanol–water partition coefficient (Wildman–Crippen LogP) is 4.65. The molecule has 126 valence electrons. The third-order valence-corrected chi connectivity index (χ3v) is 4.91. The summed E-state index contributed by atoms with van der Waals surface area (Å²) in [5.41, 5.74) is 9.07. The SMILES string of the molecule is [2H]C([2H])(c1cc[n+](C)c(-c2c(C)ccc3c2Cc2ncccc2-3)c1)C(C)C. The molecule has 0 amide bonds. The Balaban J connectivity index is 1.94. The smallest absolute Gasteiger partial charge is 0.213 e. The average molecular weight is 331 g/mol. The second-order valence-electron chi connectivity index (χ2n) is 7.17. The minimum Gasteiger partial charge on any atom is -0.260 e. The van der Waals surface area contributed by atoms with E-state index in [1.807, 2.05) is 51.5 Å². The maximum Gasteiger partial charge on any atom is 0.213 e. The van der Waals surface area contributed by atoms with Gasteiger partial charge in [0.15, 0.2) is 6.20 Å². The molecular weight excluding hydrogens is 304 g/mol. The summed E-state index contributed by atoms with van der Waals surface area (Å²) in [4.78, 5) is 4.57. The summed E-state index contributed by atoms with van der Waals surface area (Å²) in [7, 11) is 2.03. The Morgan fingerprint density at radius 2 is 2.04 bits per heavy atom. The number of aromatic nitrogens is 2. The van der Waals surface area contributed by atoms with Crippen LogP contribution in [0.4, 0.5) is 0 Å². The molecule has 4 rings (SSSR count). The fourth-order valence-electron chi connectivity index (χ4n) is 3.79. The zero-order chi connectivity index (χ0) is 19.3. The summed E-state index contributed by atoms with van der Waals surface area (Å²) in [5.74, 6) is -0.0888. The van der Waals surface area contributed by atoms with E-state index >= 15 is 0 Å². The molecule has 2 heterocycles. The van der Waals surface area contributed by atoms with Gasteiger partial charge >= 0.3 is 0 Å². The van der Waals surface area contributed by atoms with Crippen molar-refractivity contribution in [1.29, 1.82) is 0 Å². The van der Waals surface area contributed by atoms with Gasteiger partial charge in [0, 0.05) is 33.1 Å². The van der Waals surface area contributed by atoms with Crippen LogP contribution in [0.1, 0.15) is 39.0 Å². The van der Waals surface area contributed by atoms with Crippen molar-refractivity contribution < 1.29 is 7.31 Å². The van der Waals surface area contributed by atoms with Crippen molar-refractivity contribution in [2.75, 3.05) is 0 Å². The summed E-state index contributed by atoms with van der Waals surface area (Å²) in [5, 5.41) is 0. The van der Waals surface area contributed by atoms with E-state index in [0.29, 0.717) is 0 Å². The van der Waals surface area contributed by atoms with E-state index in [1.165, 1.54) is 27.8 Å². The van der Waals surface area contributed by atoms with Gasteiger partial charge in [0.05, 0.1) is 11.3 Å². The normalized spacial score (nSPS) is 14.1. The molecule has 1 aliphatic carbocycles. The van der Waals surface area contributed by atoms with Gasteiger partial charge in [-0.1, -0.05) is 32.0 Å². The van der Waals surface area contributed by atoms with Crippen molar-refractivity contribution in [3.8, 4) is 22.4 Å². The number of rotatable bonds is 3. The molecule has 1 aliphatic rings. The van der Waals surface area contributed by atoms with Crippen LogP contribution in [-0.4, -0.2) is 4.98 Å². The number of nitrogens with zero attached hydrogens (tertiary/aromatic N) is 2. The number of pyridine rings is 2. The Kier molecular flexibility index (Phi) is 3.36. The van der Waals surface area contributed by atoms with Gasteiger partial charge in [-0.3, -0.25) is 4.98 Å². The van der Waals surface area contributed by atoms with Gasteiger partial charge in [-0.15, -0.1) is 0 Å². The van der Waals surface area contributed by atoms with E-state index in [1.54, 1.807) is 0 Å². The Labute approximate surface area is 153 Å². The van der Waals surface area contributed by atoms with Crippen LogP contribution in [0.25, 0.3) is 22.4 Å². The van der Waals surface area contributed by atoms with E-state index < -0.39 is 6.37 Å². The second-order valence-corrected chi connectivity index (χ2v) is 7.17. The molecule has 0 aliphatic heterocycles. The van der Waals surface area contributed by atoms with Crippen LogP contribution < -0.4 is 4.57 Å². The lowest BCUT2D eigenvalue weighted by Gasteiger charge is -2.12. The molecule has 2 heteroatoms. The molecule has 0 radical (unpaired) electrons. The number of hydrogen-bond acceptors (Lipinski definition) is 1. The van der Waals surface area contributed by atoms with E-state index in [2.05, 4.69) is 34.7 Å². The molecule has 0 saturated carbocycles. The van der Waals surface area contributed by atoms with Crippen molar-refractivity contribution in [3.05, 3.63) is 71.2 Å². The lowest BCUT2D eigenvalue weighted by Crippen LogP contribution is -2.31. The first kappa shape index (κ1) is 13.8. The van der Waals surface area contributed by atoms with Crippen molar-refractivity contribution in [2.45, 2.75) is 33.6 Å². The Hall–Kier alpha value is -2.48. The molecule has 2 aromatic heterocycles. The first-order valence-electron chi connectivity index (χ1n) is 9.88. The van der Waals surface area contributed by atoms with Crippen LogP contribution in [0.15, 0.2) is 48.8 Å². The van der Waals surface area contributed by atoms with Gasteiger partial charge in [-0.25, -0.2) is 4.57 Å². The highest BCUT2D eigenvalue weighted by Gasteiger charge is 2.27. The van der Waals surface area contributed by atoms with E-state index in [0.717, 1.165) is 23.4 Å². The zero-order valence-corrected chi connectivity index (χ0v) is 15.3. The number of fused-ring (bicyclic) bond motifs is 3. The molecule has 25 heavy (non-hydrogen) atoms. The summed E-state index contributed by atoms with van der Waals surface area (Å²) < 4.78 is 19.1. The third-order valence-electron chi connectivity index (χ3n) is 4.91. The van der Waals surface area contributed by atoms with Crippen molar-refractivity contribution >= 4 is 0 Å². The first-order chi connectivity index (χ1) is 12.8. The van der Waals surface area contributed by atoms with Crippen molar-refractivity contribution in [2.24, 2.45) is 13.0 Å². The largest absolute Gasteiger partial charge is 0.260 e. The predicted molar refractivity (Wildman–Crippen MR) is 102 cm³/mol. The molecule has 0 atom stereocenters. The fraction of sp³-hybridized carbons (Fsp3) is 0.304. The van der Waals surface area contributed by atoms with Crippen molar-refractivity contribution in [3.63, 3.8) is 0 Å². The fourth-order valence-corrected chi connectivity index (χ4v) is 3.79. The van der Waals surface area contributed by atoms with E-state index in [-0.39, 0.29) is 5.92 Å². The zero-order valence-electron chi connectivity index (χ0n) is 17.3. The molecule has 0 unspecified atom stereocenters. The van der Waals surface area contributed by atoms with Gasteiger partial charge in [-0.05, 0) is 47.5 Å². The maximum atomic E-state index is 8.51. The molecule has 0 saturated heterocycles. The van der Waals surface area contributed by atoms with Crippen LogP contribution in [0, 0.1) is 12.8 Å². The highest BCUT2D eigenvalue weighted by atomic mass is 14.9. The Morgan fingerprint density at radius 1 is 1.20 bits per heavy atom. The van der Waals surface area contributed by atoms with Crippen LogP contribution >= 0.6 is 0 Å². The summed E-state index contributed by atoms with van der Waals surface area (Å²) >= 11 is 0. The summed E-state index contributed by atoms with van der Waals surface area (Å²) in [6.45, 7) is 6.00. The third kappa shape index (κ3) is 2.76. The molecule has 0 N–H and O–H groups in total. The minimum absolute atomic E-state index is 0.0888. The molecule has 0 spiro atoms. The Bertz CT molecular complexity index is 1040. The number of hydrogen-bond donors (Lipinski definition) is 0.